The molecule has 0 heterocycles. The fraction of sp³-hybridized carbons (Fsp3) is 0.625. The lowest BCUT2D eigenvalue weighted by molar-refractivity contribution is -0.250. The average Bonchev–Trinajstić information content (AvgIpc) is 2.06. The van der Waals surface area contributed by atoms with Gasteiger partial charge in [0.1, 0.15) is 0 Å². The molecule has 0 saturated carbocycles. The summed E-state index contributed by atoms with van der Waals surface area (Å²) in [7, 11) is 1.28. The Morgan fingerprint density at radius 1 is 1.42 bits per heavy atom. The fourth-order valence-electron chi connectivity index (χ4n) is 0.589. The molecule has 0 aromatic heterocycles. The van der Waals surface area contributed by atoms with Crippen LogP contribution in [0, 0.1) is 0 Å². The third-order valence-corrected chi connectivity index (χ3v) is 1.19. The van der Waals surface area contributed by atoms with Gasteiger partial charge in [-0.3, -0.25) is 4.89 Å². The molecule has 0 aromatic rings. The minimum absolute atomic E-state index is 0.457. The molecule has 0 aliphatic carbocycles. The van der Waals surface area contributed by atoms with E-state index in [2.05, 4.69) is 9.78 Å². The Morgan fingerprint density at radius 3 is 2.50 bits per heavy atom. The molecule has 0 aromatic carbocycles. The van der Waals surface area contributed by atoms with E-state index in [0.29, 0.717) is 18.6 Å². The number of hydrogen-bond donors (Lipinski definition) is 0. The first-order chi connectivity index (χ1) is 5.76. The summed E-state index contributed by atoms with van der Waals surface area (Å²) in [4.78, 5) is 19.5. The van der Waals surface area contributed by atoms with Crippen molar-refractivity contribution in [2.75, 3.05) is 13.7 Å². The SMILES string of the molecule is CCOC=C(CC)C(=O)OOC. The standard InChI is InChI=1S/C8H14O4/c1-4-7(6-11-5-2)8(9)12-10-3/h6H,4-5H2,1-3H3. The molecule has 0 aliphatic heterocycles. The number of rotatable bonds is 5. The normalized spacial score (nSPS) is 11.1. The minimum atomic E-state index is -0.506. The molecule has 0 atom stereocenters. The van der Waals surface area contributed by atoms with Crippen LogP contribution in [0.4, 0.5) is 0 Å². The van der Waals surface area contributed by atoms with Crippen molar-refractivity contribution in [2.45, 2.75) is 20.3 Å². The molecule has 0 aliphatic rings. The summed E-state index contributed by atoms with van der Waals surface area (Å²) in [5.74, 6) is -0.506. The molecule has 0 spiro atoms. The van der Waals surface area contributed by atoms with Crippen molar-refractivity contribution in [3.8, 4) is 0 Å². The second-order valence-corrected chi connectivity index (χ2v) is 1.99. The van der Waals surface area contributed by atoms with Crippen LogP contribution < -0.4 is 0 Å². The highest BCUT2D eigenvalue weighted by Crippen LogP contribution is 2.03. The lowest BCUT2D eigenvalue weighted by Crippen LogP contribution is -2.07. The molecular weight excluding hydrogens is 160 g/mol. The molecule has 0 rings (SSSR count). The minimum Gasteiger partial charge on any atom is -0.501 e. The fourth-order valence-corrected chi connectivity index (χ4v) is 0.589. The number of hydrogen-bond acceptors (Lipinski definition) is 4. The zero-order valence-corrected chi connectivity index (χ0v) is 7.62. The van der Waals surface area contributed by atoms with Crippen LogP contribution in [-0.4, -0.2) is 19.7 Å². The number of carbonyl (C=O) groups excluding carboxylic acids is 1. The van der Waals surface area contributed by atoms with E-state index < -0.39 is 5.97 Å². The summed E-state index contributed by atoms with van der Waals surface area (Å²) in [6, 6.07) is 0. The molecule has 0 saturated heterocycles. The van der Waals surface area contributed by atoms with E-state index in [1.54, 1.807) is 0 Å². The van der Waals surface area contributed by atoms with Crippen molar-refractivity contribution in [3.63, 3.8) is 0 Å². The summed E-state index contributed by atoms with van der Waals surface area (Å²) < 4.78 is 4.94. The van der Waals surface area contributed by atoms with Crippen LogP contribution in [0.1, 0.15) is 20.3 Å². The van der Waals surface area contributed by atoms with Crippen LogP contribution >= 0.6 is 0 Å². The Balaban J connectivity index is 4.04. The Bertz CT molecular complexity index is 162. The van der Waals surface area contributed by atoms with Crippen LogP contribution in [0.25, 0.3) is 0 Å². The quantitative estimate of drug-likeness (QED) is 0.273. The van der Waals surface area contributed by atoms with Gasteiger partial charge in [-0.1, -0.05) is 6.92 Å². The summed E-state index contributed by atoms with van der Waals surface area (Å²) in [5.41, 5.74) is 0.457. The van der Waals surface area contributed by atoms with Crippen molar-refractivity contribution < 1.29 is 19.3 Å². The van der Waals surface area contributed by atoms with E-state index >= 15 is 0 Å². The zero-order valence-electron chi connectivity index (χ0n) is 7.62. The average molecular weight is 174 g/mol. The monoisotopic (exact) mass is 174 g/mol. The van der Waals surface area contributed by atoms with Gasteiger partial charge in [-0.05, 0) is 13.3 Å². The molecule has 0 amide bonds. The Labute approximate surface area is 72.0 Å². The van der Waals surface area contributed by atoms with Crippen molar-refractivity contribution in [1.29, 1.82) is 0 Å². The van der Waals surface area contributed by atoms with Gasteiger partial charge in [0.2, 0.25) is 0 Å². The van der Waals surface area contributed by atoms with Gasteiger partial charge < -0.3 is 4.74 Å². The predicted molar refractivity (Wildman–Crippen MR) is 43.1 cm³/mol. The Morgan fingerprint density at radius 2 is 2.08 bits per heavy atom. The molecule has 0 unspecified atom stereocenters. The number of carbonyl (C=O) groups is 1. The van der Waals surface area contributed by atoms with Gasteiger partial charge in [0.15, 0.2) is 0 Å². The van der Waals surface area contributed by atoms with Gasteiger partial charge in [-0.15, -0.1) is 0 Å². The first-order valence-corrected chi connectivity index (χ1v) is 3.81. The van der Waals surface area contributed by atoms with Gasteiger partial charge in [-0.2, -0.15) is 4.89 Å². The topological polar surface area (TPSA) is 44.8 Å². The molecule has 4 nitrogen and oxygen atoms in total. The molecule has 0 radical (unpaired) electrons. The van der Waals surface area contributed by atoms with Crippen LogP contribution in [0.3, 0.4) is 0 Å². The third-order valence-electron chi connectivity index (χ3n) is 1.19. The highest BCUT2D eigenvalue weighted by atomic mass is 17.2. The molecule has 4 heteroatoms. The van der Waals surface area contributed by atoms with Gasteiger partial charge in [0.25, 0.3) is 0 Å². The summed E-state index contributed by atoms with van der Waals surface area (Å²) >= 11 is 0. The summed E-state index contributed by atoms with van der Waals surface area (Å²) in [6.07, 6.45) is 1.95. The molecule has 0 N–H and O–H groups in total. The van der Waals surface area contributed by atoms with Gasteiger partial charge >= 0.3 is 5.97 Å². The van der Waals surface area contributed by atoms with Crippen LogP contribution in [-0.2, 0) is 19.3 Å². The molecule has 70 valence electrons. The van der Waals surface area contributed by atoms with Crippen LogP contribution in [0.5, 0.6) is 0 Å². The van der Waals surface area contributed by atoms with Crippen molar-refractivity contribution in [3.05, 3.63) is 11.8 Å². The van der Waals surface area contributed by atoms with E-state index in [4.69, 9.17) is 4.74 Å². The zero-order chi connectivity index (χ0) is 9.40. The number of ether oxygens (including phenoxy) is 1. The van der Waals surface area contributed by atoms with Gasteiger partial charge in [0, 0.05) is 0 Å². The molecular formula is C8H14O4. The first-order valence-electron chi connectivity index (χ1n) is 3.81. The molecule has 12 heavy (non-hydrogen) atoms. The van der Waals surface area contributed by atoms with E-state index in [1.807, 2.05) is 13.8 Å². The summed E-state index contributed by atoms with van der Waals surface area (Å²) in [6.45, 7) is 4.21. The van der Waals surface area contributed by atoms with E-state index in [0.717, 1.165) is 0 Å². The third kappa shape index (κ3) is 3.98. The van der Waals surface area contributed by atoms with Gasteiger partial charge in [-0.25, -0.2) is 4.79 Å². The lowest BCUT2D eigenvalue weighted by Gasteiger charge is -2.02. The Kier molecular flexibility index (Phi) is 6.09. The van der Waals surface area contributed by atoms with Crippen molar-refractivity contribution >= 4 is 5.97 Å². The van der Waals surface area contributed by atoms with E-state index in [-0.39, 0.29) is 0 Å². The smallest absolute Gasteiger partial charge is 0.372 e. The molecule has 0 fully saturated rings. The van der Waals surface area contributed by atoms with Crippen LogP contribution in [0.2, 0.25) is 0 Å². The molecule has 0 bridgehead atoms. The maximum atomic E-state index is 11.0. The van der Waals surface area contributed by atoms with E-state index in [9.17, 15) is 4.79 Å². The first kappa shape index (κ1) is 11.0. The summed E-state index contributed by atoms with van der Waals surface area (Å²) in [5, 5.41) is 0. The Hall–Kier alpha value is -1.03. The van der Waals surface area contributed by atoms with Gasteiger partial charge in [0.05, 0.1) is 25.6 Å². The second kappa shape index (κ2) is 6.67. The maximum absolute atomic E-state index is 11.0. The van der Waals surface area contributed by atoms with Crippen molar-refractivity contribution in [1.82, 2.24) is 0 Å². The van der Waals surface area contributed by atoms with Crippen molar-refractivity contribution in [2.24, 2.45) is 0 Å². The highest BCUT2D eigenvalue weighted by Gasteiger charge is 2.09. The highest BCUT2D eigenvalue weighted by molar-refractivity contribution is 5.87. The largest absolute Gasteiger partial charge is 0.501 e. The van der Waals surface area contributed by atoms with E-state index in [1.165, 1.54) is 13.4 Å². The lowest BCUT2D eigenvalue weighted by atomic mass is 10.2. The van der Waals surface area contributed by atoms with Crippen LogP contribution in [0.15, 0.2) is 11.8 Å². The second-order valence-electron chi connectivity index (χ2n) is 1.99. The predicted octanol–water partition coefficient (Wildman–Crippen LogP) is 1.42. The maximum Gasteiger partial charge on any atom is 0.372 e.